The second kappa shape index (κ2) is 6.64. The van der Waals surface area contributed by atoms with Crippen LogP contribution in [0.4, 0.5) is 5.69 Å². The molecule has 6 heteroatoms. The van der Waals surface area contributed by atoms with Crippen molar-refractivity contribution in [2.75, 3.05) is 12.4 Å². The van der Waals surface area contributed by atoms with Gasteiger partial charge in [0.1, 0.15) is 10.6 Å². The number of amides is 1. The third-order valence-corrected chi connectivity index (χ3v) is 5.04. The molecule has 0 unspecified atom stereocenters. The number of methoxy groups -OCH3 is 1. The van der Waals surface area contributed by atoms with Gasteiger partial charge in [-0.25, -0.2) is 0 Å². The molecule has 0 radical (unpaired) electrons. The summed E-state index contributed by atoms with van der Waals surface area (Å²) in [5.74, 6) is 0.893. The first-order valence-corrected chi connectivity index (χ1v) is 8.89. The largest absolute Gasteiger partial charge is 0.495 e. The minimum Gasteiger partial charge on any atom is -0.495 e. The van der Waals surface area contributed by atoms with E-state index in [1.54, 1.807) is 25.6 Å². The molecular weight excluding hydrogens is 334 g/mol. The lowest BCUT2D eigenvalue weighted by Gasteiger charge is -2.07. The van der Waals surface area contributed by atoms with Gasteiger partial charge in [-0.15, -0.1) is 0 Å². The average Bonchev–Trinajstić information content (AvgIpc) is 3.40. The van der Waals surface area contributed by atoms with Crippen molar-refractivity contribution in [1.82, 2.24) is 9.36 Å². The summed E-state index contributed by atoms with van der Waals surface area (Å²) in [7, 11) is 1.57. The quantitative estimate of drug-likeness (QED) is 0.742. The summed E-state index contributed by atoms with van der Waals surface area (Å²) < 4.78 is 9.74. The normalized spacial score (nSPS) is 13.5. The van der Waals surface area contributed by atoms with Crippen LogP contribution in [-0.2, 0) is 0 Å². The smallest absolute Gasteiger partial charge is 0.267 e. The van der Waals surface area contributed by atoms with Crippen LogP contribution in [0.5, 0.6) is 5.75 Å². The maximum Gasteiger partial charge on any atom is 0.267 e. The van der Waals surface area contributed by atoms with Gasteiger partial charge in [0.25, 0.3) is 5.91 Å². The summed E-state index contributed by atoms with van der Waals surface area (Å²) in [4.78, 5) is 17.6. The molecule has 4 rings (SSSR count). The van der Waals surface area contributed by atoms with Crippen LogP contribution in [-0.4, -0.2) is 22.4 Å². The molecule has 25 heavy (non-hydrogen) atoms. The van der Waals surface area contributed by atoms with E-state index in [1.807, 2.05) is 30.3 Å². The first-order valence-electron chi connectivity index (χ1n) is 8.11. The van der Waals surface area contributed by atoms with Crippen LogP contribution in [0.15, 0.2) is 48.8 Å². The number of nitrogens with one attached hydrogen (secondary N) is 1. The topological polar surface area (TPSA) is 64.1 Å². The van der Waals surface area contributed by atoms with E-state index in [2.05, 4.69) is 14.7 Å². The van der Waals surface area contributed by atoms with Crippen molar-refractivity contribution in [3.8, 4) is 17.0 Å². The minimum absolute atomic E-state index is 0.142. The van der Waals surface area contributed by atoms with Gasteiger partial charge in [0.2, 0.25) is 0 Å². The van der Waals surface area contributed by atoms with Gasteiger partial charge in [-0.3, -0.25) is 9.78 Å². The van der Waals surface area contributed by atoms with Gasteiger partial charge in [0.15, 0.2) is 0 Å². The number of ether oxygens (including phenoxy) is 1. The van der Waals surface area contributed by atoms with E-state index in [4.69, 9.17) is 4.74 Å². The van der Waals surface area contributed by atoms with Crippen molar-refractivity contribution in [2.24, 2.45) is 0 Å². The number of hydrogen-bond acceptors (Lipinski definition) is 5. The zero-order chi connectivity index (χ0) is 17.2. The zero-order valence-corrected chi connectivity index (χ0v) is 14.5. The molecule has 0 saturated heterocycles. The molecule has 0 atom stereocenters. The standard InChI is InChI=1S/C19H17N3O2S/c1-24-15-9-14(10-20-11-15)21-19(23)18-16(12-7-8-12)17(22-25-18)13-5-3-2-4-6-13/h2-6,9-12H,7-8H2,1H3,(H,21,23). The van der Waals surface area contributed by atoms with Crippen LogP contribution in [0.2, 0.25) is 0 Å². The Morgan fingerprint density at radius 1 is 1.24 bits per heavy atom. The highest BCUT2D eigenvalue weighted by Gasteiger charge is 2.33. The number of rotatable bonds is 5. The first kappa shape index (κ1) is 15.8. The fourth-order valence-electron chi connectivity index (χ4n) is 2.80. The van der Waals surface area contributed by atoms with Gasteiger partial charge in [-0.05, 0) is 30.3 Å². The Bertz CT molecular complexity index is 904. The molecule has 0 spiro atoms. The molecule has 1 N–H and O–H groups in total. The number of benzene rings is 1. The van der Waals surface area contributed by atoms with Gasteiger partial charge in [0.05, 0.1) is 30.9 Å². The van der Waals surface area contributed by atoms with E-state index >= 15 is 0 Å². The highest BCUT2D eigenvalue weighted by molar-refractivity contribution is 7.08. The van der Waals surface area contributed by atoms with Gasteiger partial charge in [-0.2, -0.15) is 4.37 Å². The molecule has 2 aromatic heterocycles. The second-order valence-corrected chi connectivity index (χ2v) is 6.76. The summed E-state index contributed by atoms with van der Waals surface area (Å²) in [5, 5.41) is 2.91. The fourth-order valence-corrected chi connectivity index (χ4v) is 3.68. The van der Waals surface area contributed by atoms with Crippen LogP contribution in [0, 0.1) is 0 Å². The van der Waals surface area contributed by atoms with Gasteiger partial charge < -0.3 is 10.1 Å². The third kappa shape index (κ3) is 3.25. The van der Waals surface area contributed by atoms with Gasteiger partial charge in [0, 0.05) is 17.2 Å². The average molecular weight is 351 g/mol. The van der Waals surface area contributed by atoms with E-state index < -0.39 is 0 Å². The van der Waals surface area contributed by atoms with Crippen LogP contribution < -0.4 is 10.1 Å². The van der Waals surface area contributed by atoms with Gasteiger partial charge >= 0.3 is 0 Å². The Morgan fingerprint density at radius 3 is 2.76 bits per heavy atom. The summed E-state index contributed by atoms with van der Waals surface area (Å²) in [6, 6.07) is 11.8. The van der Waals surface area contributed by atoms with Crippen molar-refractivity contribution < 1.29 is 9.53 Å². The minimum atomic E-state index is -0.142. The number of anilines is 1. The van der Waals surface area contributed by atoms with Crippen molar-refractivity contribution >= 4 is 23.1 Å². The van der Waals surface area contributed by atoms with Crippen molar-refractivity contribution in [3.63, 3.8) is 0 Å². The molecule has 0 bridgehead atoms. The SMILES string of the molecule is COc1cncc(NC(=O)c2snc(-c3ccccc3)c2C2CC2)c1. The number of nitrogens with zero attached hydrogens (tertiary/aromatic N) is 2. The number of carbonyl (C=O) groups is 1. The van der Waals surface area contributed by atoms with E-state index in [-0.39, 0.29) is 5.91 Å². The molecule has 1 saturated carbocycles. The molecule has 1 aliphatic carbocycles. The number of aromatic nitrogens is 2. The Balaban J connectivity index is 1.66. The van der Waals surface area contributed by atoms with Crippen LogP contribution >= 0.6 is 11.5 Å². The molecule has 5 nitrogen and oxygen atoms in total. The van der Waals surface area contributed by atoms with Crippen molar-refractivity contribution in [3.05, 3.63) is 59.2 Å². The predicted molar refractivity (Wildman–Crippen MR) is 98.3 cm³/mol. The van der Waals surface area contributed by atoms with Crippen LogP contribution in [0.1, 0.15) is 34.0 Å². The number of pyridine rings is 1. The molecular formula is C19H17N3O2S. The van der Waals surface area contributed by atoms with E-state index in [9.17, 15) is 4.79 Å². The van der Waals surface area contributed by atoms with Crippen LogP contribution in [0.25, 0.3) is 11.3 Å². The fraction of sp³-hybridized carbons (Fsp3) is 0.211. The van der Waals surface area contributed by atoms with Crippen molar-refractivity contribution in [2.45, 2.75) is 18.8 Å². The summed E-state index contributed by atoms with van der Waals surface area (Å²) in [5.41, 5.74) is 3.68. The van der Waals surface area contributed by atoms with Crippen LogP contribution in [0.3, 0.4) is 0 Å². The zero-order valence-electron chi connectivity index (χ0n) is 13.7. The highest BCUT2D eigenvalue weighted by Crippen LogP contribution is 2.47. The Kier molecular flexibility index (Phi) is 4.19. The molecule has 1 aromatic carbocycles. The molecule has 0 aliphatic heterocycles. The summed E-state index contributed by atoms with van der Waals surface area (Å²) >= 11 is 1.26. The second-order valence-electron chi connectivity index (χ2n) is 5.98. The lowest BCUT2D eigenvalue weighted by molar-refractivity contribution is 0.102. The third-order valence-electron chi connectivity index (χ3n) is 4.17. The number of hydrogen-bond donors (Lipinski definition) is 1. The van der Waals surface area contributed by atoms with E-state index in [0.717, 1.165) is 29.7 Å². The Labute approximate surface area is 149 Å². The molecule has 3 aromatic rings. The summed E-state index contributed by atoms with van der Waals surface area (Å²) in [6.45, 7) is 0. The number of carbonyl (C=O) groups excluding carboxylic acids is 1. The highest BCUT2D eigenvalue weighted by atomic mass is 32.1. The molecule has 2 heterocycles. The maximum atomic E-state index is 12.8. The molecule has 1 aliphatic rings. The maximum absolute atomic E-state index is 12.8. The van der Waals surface area contributed by atoms with E-state index in [0.29, 0.717) is 22.2 Å². The first-order chi connectivity index (χ1) is 12.3. The van der Waals surface area contributed by atoms with E-state index in [1.165, 1.54) is 11.5 Å². The lowest BCUT2D eigenvalue weighted by Crippen LogP contribution is -2.12. The molecule has 126 valence electrons. The Morgan fingerprint density at radius 2 is 2.04 bits per heavy atom. The van der Waals surface area contributed by atoms with Gasteiger partial charge in [-0.1, -0.05) is 30.3 Å². The predicted octanol–water partition coefficient (Wildman–Crippen LogP) is 4.34. The summed E-state index contributed by atoms with van der Waals surface area (Å²) in [6.07, 6.45) is 5.43. The lowest BCUT2D eigenvalue weighted by atomic mass is 10.0. The molecule has 1 amide bonds. The monoisotopic (exact) mass is 351 g/mol. The van der Waals surface area contributed by atoms with Crippen molar-refractivity contribution in [1.29, 1.82) is 0 Å². The molecule has 1 fully saturated rings. The Hall–Kier alpha value is -2.73.